The van der Waals surface area contributed by atoms with Gasteiger partial charge in [-0.25, -0.2) is 0 Å². The molecule has 3 rings (SSSR count). The van der Waals surface area contributed by atoms with Gasteiger partial charge in [-0.3, -0.25) is 14.5 Å². The maximum atomic E-state index is 12.7. The Morgan fingerprint density at radius 1 is 1.00 bits per heavy atom. The predicted molar refractivity (Wildman–Crippen MR) is 118 cm³/mol. The van der Waals surface area contributed by atoms with Gasteiger partial charge in [-0.05, 0) is 55.3 Å². The fourth-order valence-electron chi connectivity index (χ4n) is 3.23. The minimum absolute atomic E-state index is 0.0194. The molecule has 0 saturated carbocycles. The molecule has 1 aliphatic rings. The van der Waals surface area contributed by atoms with Gasteiger partial charge in [0.25, 0.3) is 5.91 Å². The molecule has 1 N–H and O–H groups in total. The maximum Gasteiger partial charge on any atom is 0.253 e. The van der Waals surface area contributed by atoms with Crippen LogP contribution in [0.5, 0.6) is 0 Å². The molecule has 1 saturated heterocycles. The summed E-state index contributed by atoms with van der Waals surface area (Å²) in [5.74, 6) is -0.244. The van der Waals surface area contributed by atoms with Crippen LogP contribution in [-0.2, 0) is 11.2 Å². The highest BCUT2D eigenvalue weighted by molar-refractivity contribution is 6.32. The van der Waals surface area contributed by atoms with E-state index in [-0.39, 0.29) is 11.8 Å². The quantitative estimate of drug-likeness (QED) is 0.702. The number of piperazine rings is 1. The van der Waals surface area contributed by atoms with Crippen molar-refractivity contribution in [1.82, 2.24) is 9.80 Å². The highest BCUT2D eigenvalue weighted by Crippen LogP contribution is 2.15. The molecule has 1 unspecified atom stereocenters. The first-order valence-electron chi connectivity index (χ1n) is 9.73. The molecule has 1 heterocycles. The van der Waals surface area contributed by atoms with Crippen molar-refractivity contribution in [1.29, 1.82) is 0 Å². The summed E-state index contributed by atoms with van der Waals surface area (Å²) in [6.07, 6.45) is 0.971. The summed E-state index contributed by atoms with van der Waals surface area (Å²) in [6, 6.07) is 14.9. The topological polar surface area (TPSA) is 52.7 Å². The van der Waals surface area contributed by atoms with Gasteiger partial charge >= 0.3 is 0 Å². The average molecular weight is 434 g/mol. The molecule has 1 fully saturated rings. The number of alkyl halides is 1. The minimum atomic E-state index is -0.604. The molecule has 0 spiro atoms. The normalized spacial score (nSPS) is 15.8. The van der Waals surface area contributed by atoms with E-state index in [4.69, 9.17) is 23.2 Å². The van der Waals surface area contributed by atoms with Crippen LogP contribution in [-0.4, -0.2) is 59.7 Å². The first-order chi connectivity index (χ1) is 13.9. The highest BCUT2D eigenvalue weighted by atomic mass is 35.5. The van der Waals surface area contributed by atoms with Crippen molar-refractivity contribution >= 4 is 40.7 Å². The largest absolute Gasteiger partial charge is 0.336 e. The second kappa shape index (κ2) is 10.1. The molecule has 0 radical (unpaired) electrons. The fraction of sp³-hybridized carbons (Fsp3) is 0.364. The van der Waals surface area contributed by atoms with E-state index in [1.165, 1.54) is 5.56 Å². The van der Waals surface area contributed by atoms with E-state index in [0.717, 1.165) is 31.1 Å². The smallest absolute Gasteiger partial charge is 0.253 e. The Kier molecular flexibility index (Phi) is 7.53. The van der Waals surface area contributed by atoms with Crippen molar-refractivity contribution in [2.45, 2.75) is 18.7 Å². The van der Waals surface area contributed by atoms with Gasteiger partial charge < -0.3 is 10.2 Å². The van der Waals surface area contributed by atoms with Crippen molar-refractivity contribution in [2.24, 2.45) is 0 Å². The van der Waals surface area contributed by atoms with Crippen LogP contribution in [0.25, 0.3) is 0 Å². The number of amides is 2. The number of hydrogen-bond acceptors (Lipinski definition) is 3. The molecular weight excluding hydrogens is 409 g/mol. The zero-order valence-electron chi connectivity index (χ0n) is 16.4. The molecule has 2 aromatic carbocycles. The van der Waals surface area contributed by atoms with E-state index in [2.05, 4.69) is 22.3 Å². The zero-order valence-corrected chi connectivity index (χ0v) is 17.9. The number of nitrogens with one attached hydrogen (secondary N) is 1. The number of benzene rings is 2. The molecule has 0 bridgehead atoms. The number of nitrogens with zero attached hydrogens (tertiary/aromatic N) is 2. The van der Waals surface area contributed by atoms with Gasteiger partial charge in [0.2, 0.25) is 5.91 Å². The SMILES string of the molecule is CC(Cl)C(=O)Nc1ccc(C(=O)N2CCN(CCc3ccc(Cl)cc3)CC2)cc1. The maximum absolute atomic E-state index is 12.7. The summed E-state index contributed by atoms with van der Waals surface area (Å²) in [4.78, 5) is 28.6. The van der Waals surface area contributed by atoms with Crippen LogP contribution < -0.4 is 5.32 Å². The van der Waals surface area contributed by atoms with Crippen molar-refractivity contribution < 1.29 is 9.59 Å². The summed E-state index contributed by atoms with van der Waals surface area (Å²) >= 11 is 11.7. The predicted octanol–water partition coefficient (Wildman–Crippen LogP) is 3.91. The average Bonchev–Trinajstić information content (AvgIpc) is 2.73. The summed E-state index contributed by atoms with van der Waals surface area (Å²) in [6.45, 7) is 5.73. The van der Waals surface area contributed by atoms with Gasteiger partial charge in [-0.1, -0.05) is 23.7 Å². The molecule has 1 aliphatic heterocycles. The molecule has 1 atom stereocenters. The number of anilines is 1. The van der Waals surface area contributed by atoms with Crippen LogP contribution in [0.2, 0.25) is 5.02 Å². The standard InChI is InChI=1S/C22H25Cl2N3O2/c1-16(23)21(28)25-20-8-4-18(5-9-20)22(29)27-14-12-26(13-15-27)11-10-17-2-6-19(24)7-3-17/h2-9,16H,10-15H2,1H3,(H,25,28). The lowest BCUT2D eigenvalue weighted by molar-refractivity contribution is -0.115. The van der Waals surface area contributed by atoms with Crippen LogP contribution >= 0.6 is 23.2 Å². The molecular formula is C22H25Cl2N3O2. The summed E-state index contributed by atoms with van der Waals surface area (Å²) in [5.41, 5.74) is 2.52. The number of halogens is 2. The zero-order chi connectivity index (χ0) is 20.8. The molecule has 2 aromatic rings. The van der Waals surface area contributed by atoms with Gasteiger partial charge in [0.15, 0.2) is 0 Å². The van der Waals surface area contributed by atoms with Gasteiger partial charge in [-0.15, -0.1) is 11.6 Å². The number of carbonyl (C=O) groups excluding carboxylic acids is 2. The summed E-state index contributed by atoms with van der Waals surface area (Å²) < 4.78 is 0. The van der Waals surface area contributed by atoms with Crippen LogP contribution in [0.3, 0.4) is 0 Å². The van der Waals surface area contributed by atoms with Crippen LogP contribution in [0.15, 0.2) is 48.5 Å². The van der Waals surface area contributed by atoms with Crippen LogP contribution in [0.1, 0.15) is 22.8 Å². The minimum Gasteiger partial charge on any atom is -0.336 e. The van der Waals surface area contributed by atoms with Gasteiger partial charge in [0.05, 0.1) is 0 Å². The van der Waals surface area contributed by atoms with E-state index in [0.29, 0.717) is 24.3 Å². The van der Waals surface area contributed by atoms with E-state index in [9.17, 15) is 9.59 Å². The van der Waals surface area contributed by atoms with Crippen molar-refractivity contribution in [3.63, 3.8) is 0 Å². The molecule has 154 valence electrons. The van der Waals surface area contributed by atoms with Gasteiger partial charge in [0, 0.05) is 49.0 Å². The third kappa shape index (κ3) is 6.20. The Balaban J connectivity index is 1.46. The lowest BCUT2D eigenvalue weighted by Gasteiger charge is -2.34. The Morgan fingerprint density at radius 3 is 2.21 bits per heavy atom. The Hall–Kier alpha value is -2.08. The molecule has 5 nitrogen and oxygen atoms in total. The second-order valence-electron chi connectivity index (χ2n) is 7.19. The van der Waals surface area contributed by atoms with Crippen LogP contribution in [0, 0.1) is 0 Å². The van der Waals surface area contributed by atoms with E-state index < -0.39 is 5.38 Å². The molecule has 0 aromatic heterocycles. The number of rotatable bonds is 6. The number of carbonyl (C=O) groups is 2. The highest BCUT2D eigenvalue weighted by Gasteiger charge is 2.22. The molecule has 7 heteroatoms. The van der Waals surface area contributed by atoms with E-state index in [1.807, 2.05) is 17.0 Å². The lowest BCUT2D eigenvalue weighted by Crippen LogP contribution is -2.49. The van der Waals surface area contributed by atoms with Gasteiger partial charge in [0.1, 0.15) is 5.38 Å². The van der Waals surface area contributed by atoms with E-state index in [1.54, 1.807) is 31.2 Å². The van der Waals surface area contributed by atoms with Crippen molar-refractivity contribution in [3.8, 4) is 0 Å². The van der Waals surface area contributed by atoms with Crippen molar-refractivity contribution in [3.05, 3.63) is 64.7 Å². The first-order valence-corrected chi connectivity index (χ1v) is 10.5. The third-order valence-electron chi connectivity index (χ3n) is 5.05. The molecule has 2 amide bonds. The lowest BCUT2D eigenvalue weighted by atomic mass is 10.1. The third-order valence-corrected chi connectivity index (χ3v) is 5.50. The Bertz CT molecular complexity index is 830. The van der Waals surface area contributed by atoms with Crippen LogP contribution in [0.4, 0.5) is 5.69 Å². The first kappa shape index (κ1) is 21.6. The summed E-state index contributed by atoms with van der Waals surface area (Å²) in [7, 11) is 0. The monoisotopic (exact) mass is 433 g/mol. The van der Waals surface area contributed by atoms with Gasteiger partial charge in [-0.2, -0.15) is 0 Å². The van der Waals surface area contributed by atoms with E-state index >= 15 is 0 Å². The Morgan fingerprint density at radius 2 is 1.62 bits per heavy atom. The van der Waals surface area contributed by atoms with Crippen molar-refractivity contribution in [2.75, 3.05) is 38.0 Å². The fourth-order valence-corrected chi connectivity index (χ4v) is 3.41. The Labute approximate surface area is 181 Å². The summed E-state index contributed by atoms with van der Waals surface area (Å²) in [5, 5.41) is 2.86. The molecule has 29 heavy (non-hydrogen) atoms. The number of hydrogen-bond donors (Lipinski definition) is 1. The molecule has 0 aliphatic carbocycles. The second-order valence-corrected chi connectivity index (χ2v) is 8.28.